The summed E-state index contributed by atoms with van der Waals surface area (Å²) in [7, 11) is 1.83. The molecule has 4 N–H and O–H groups in total. The van der Waals surface area contributed by atoms with E-state index >= 15 is 0 Å². The van der Waals surface area contributed by atoms with Gasteiger partial charge < -0.3 is 16.2 Å². The van der Waals surface area contributed by atoms with Crippen molar-refractivity contribution < 1.29 is 5.11 Å². The topological polar surface area (TPSA) is 76.1 Å². The lowest BCUT2D eigenvalue weighted by Gasteiger charge is -2.22. The molecule has 0 amide bonds. The van der Waals surface area contributed by atoms with Gasteiger partial charge >= 0.3 is 0 Å². The fraction of sp³-hybridized carbons (Fsp3) is 0.700. The van der Waals surface area contributed by atoms with Crippen LogP contribution in [0.1, 0.15) is 26.0 Å². The van der Waals surface area contributed by atoms with Gasteiger partial charge in [-0.25, -0.2) is 0 Å². The van der Waals surface area contributed by atoms with E-state index in [9.17, 15) is 5.11 Å². The predicted molar refractivity (Wildman–Crippen MR) is 61.8 cm³/mol. The standard InChI is InChI=1S/C10H20N4O/c1-5-10(3,15)6-12-9-8(11)7(2)13-14(9)4/h12,15H,5-6,11H2,1-4H3. The molecule has 1 rings (SSSR count). The number of nitrogens with zero attached hydrogens (tertiary/aromatic N) is 2. The zero-order valence-corrected chi connectivity index (χ0v) is 9.83. The SMILES string of the molecule is CCC(C)(O)CNc1c(N)c(C)nn1C. The summed E-state index contributed by atoms with van der Waals surface area (Å²) in [5.74, 6) is 0.765. The first-order valence-corrected chi connectivity index (χ1v) is 5.12. The molecular weight excluding hydrogens is 192 g/mol. The molecule has 0 aliphatic heterocycles. The number of anilines is 2. The summed E-state index contributed by atoms with van der Waals surface area (Å²) in [5, 5.41) is 17.1. The van der Waals surface area contributed by atoms with E-state index in [1.165, 1.54) is 0 Å². The molecule has 15 heavy (non-hydrogen) atoms. The molecule has 0 bridgehead atoms. The molecular formula is C10H20N4O. The quantitative estimate of drug-likeness (QED) is 0.692. The van der Waals surface area contributed by atoms with Crippen molar-refractivity contribution in [3.63, 3.8) is 0 Å². The summed E-state index contributed by atoms with van der Waals surface area (Å²) >= 11 is 0. The molecule has 1 aromatic rings. The number of nitrogen functional groups attached to an aromatic ring is 1. The Morgan fingerprint density at radius 3 is 2.60 bits per heavy atom. The van der Waals surface area contributed by atoms with Crippen LogP contribution in [0.25, 0.3) is 0 Å². The monoisotopic (exact) mass is 212 g/mol. The Labute approximate surface area is 90.3 Å². The third-order valence-electron chi connectivity index (χ3n) is 2.67. The summed E-state index contributed by atoms with van der Waals surface area (Å²) in [6.07, 6.45) is 0.691. The molecule has 1 aromatic heterocycles. The largest absolute Gasteiger partial charge is 0.394 e. The van der Waals surface area contributed by atoms with Gasteiger partial charge in [0.15, 0.2) is 0 Å². The summed E-state index contributed by atoms with van der Waals surface area (Å²) in [5.41, 5.74) is 6.57. The minimum atomic E-state index is -0.718. The molecule has 1 heterocycles. The number of hydrogen-bond acceptors (Lipinski definition) is 4. The molecule has 5 nitrogen and oxygen atoms in total. The zero-order chi connectivity index (χ0) is 11.6. The molecule has 0 aliphatic rings. The van der Waals surface area contributed by atoms with E-state index in [4.69, 9.17) is 5.73 Å². The van der Waals surface area contributed by atoms with Crippen molar-refractivity contribution >= 4 is 11.5 Å². The molecule has 0 aliphatic carbocycles. The third kappa shape index (κ3) is 2.62. The van der Waals surface area contributed by atoms with Crippen molar-refractivity contribution in [3.8, 4) is 0 Å². The molecule has 0 radical (unpaired) electrons. The van der Waals surface area contributed by atoms with Crippen LogP contribution in [-0.2, 0) is 7.05 Å². The first kappa shape index (κ1) is 11.8. The van der Waals surface area contributed by atoms with Gasteiger partial charge in [-0.05, 0) is 20.3 Å². The Bertz CT molecular complexity index is 343. The third-order valence-corrected chi connectivity index (χ3v) is 2.67. The normalized spacial score (nSPS) is 15.0. The van der Waals surface area contributed by atoms with Crippen LogP contribution in [-0.4, -0.2) is 27.0 Å². The van der Waals surface area contributed by atoms with E-state index in [1.54, 1.807) is 11.6 Å². The maximum absolute atomic E-state index is 9.84. The molecule has 0 spiro atoms. The van der Waals surface area contributed by atoms with Crippen molar-refractivity contribution in [1.29, 1.82) is 0 Å². The summed E-state index contributed by atoms with van der Waals surface area (Å²) in [6, 6.07) is 0. The van der Waals surface area contributed by atoms with Gasteiger partial charge in [-0.2, -0.15) is 5.10 Å². The van der Waals surface area contributed by atoms with Crippen molar-refractivity contribution in [2.75, 3.05) is 17.6 Å². The Balaban J connectivity index is 2.73. The average molecular weight is 212 g/mol. The van der Waals surface area contributed by atoms with Crippen molar-refractivity contribution in [1.82, 2.24) is 9.78 Å². The predicted octanol–water partition coefficient (Wildman–Crippen LogP) is 0.884. The van der Waals surface area contributed by atoms with Gasteiger partial charge in [0.25, 0.3) is 0 Å². The second-order valence-electron chi connectivity index (χ2n) is 4.18. The van der Waals surface area contributed by atoms with E-state index in [-0.39, 0.29) is 0 Å². The summed E-state index contributed by atoms with van der Waals surface area (Å²) < 4.78 is 1.69. The molecule has 0 aromatic carbocycles. The van der Waals surface area contributed by atoms with Crippen LogP contribution in [0.3, 0.4) is 0 Å². The average Bonchev–Trinajstić information content (AvgIpc) is 2.39. The molecule has 0 saturated heterocycles. The summed E-state index contributed by atoms with van der Waals surface area (Å²) in [4.78, 5) is 0. The van der Waals surface area contributed by atoms with Crippen molar-refractivity contribution in [2.45, 2.75) is 32.8 Å². The first-order valence-electron chi connectivity index (χ1n) is 5.12. The molecule has 0 fully saturated rings. The first-order chi connectivity index (χ1) is 6.87. The van der Waals surface area contributed by atoms with Crippen LogP contribution in [0.5, 0.6) is 0 Å². The highest BCUT2D eigenvalue weighted by Crippen LogP contribution is 2.21. The van der Waals surface area contributed by atoms with Gasteiger partial charge in [0.2, 0.25) is 0 Å². The van der Waals surface area contributed by atoms with Crippen LogP contribution >= 0.6 is 0 Å². The minimum absolute atomic E-state index is 0.465. The fourth-order valence-electron chi connectivity index (χ4n) is 1.28. The highest BCUT2D eigenvalue weighted by molar-refractivity contribution is 5.64. The van der Waals surface area contributed by atoms with Gasteiger partial charge in [0, 0.05) is 13.6 Å². The highest BCUT2D eigenvalue weighted by atomic mass is 16.3. The van der Waals surface area contributed by atoms with E-state index in [1.807, 2.05) is 20.9 Å². The van der Waals surface area contributed by atoms with E-state index in [0.29, 0.717) is 18.7 Å². The molecule has 0 saturated carbocycles. The number of rotatable bonds is 4. The Morgan fingerprint density at radius 1 is 1.60 bits per heavy atom. The number of nitrogens with two attached hydrogens (primary N) is 1. The van der Waals surface area contributed by atoms with Gasteiger partial charge in [0.1, 0.15) is 5.82 Å². The number of aromatic nitrogens is 2. The molecule has 86 valence electrons. The second-order valence-corrected chi connectivity index (χ2v) is 4.18. The van der Waals surface area contributed by atoms with Crippen LogP contribution in [0.2, 0.25) is 0 Å². The molecule has 5 heteroatoms. The van der Waals surface area contributed by atoms with E-state index in [0.717, 1.165) is 11.5 Å². The zero-order valence-electron chi connectivity index (χ0n) is 9.83. The second kappa shape index (κ2) is 4.10. The van der Waals surface area contributed by atoms with Crippen LogP contribution in [0.4, 0.5) is 11.5 Å². The van der Waals surface area contributed by atoms with Crippen molar-refractivity contribution in [2.24, 2.45) is 7.05 Å². The highest BCUT2D eigenvalue weighted by Gasteiger charge is 2.19. The van der Waals surface area contributed by atoms with Crippen molar-refractivity contribution in [3.05, 3.63) is 5.69 Å². The Kier molecular flexibility index (Phi) is 3.24. The van der Waals surface area contributed by atoms with Gasteiger partial charge in [0.05, 0.1) is 17.0 Å². The lowest BCUT2D eigenvalue weighted by molar-refractivity contribution is 0.0696. The number of hydrogen-bond donors (Lipinski definition) is 3. The van der Waals surface area contributed by atoms with Crippen LogP contribution in [0, 0.1) is 6.92 Å². The van der Waals surface area contributed by atoms with E-state index in [2.05, 4.69) is 10.4 Å². The number of aliphatic hydroxyl groups is 1. The Morgan fingerprint density at radius 2 is 2.20 bits per heavy atom. The van der Waals surface area contributed by atoms with Crippen LogP contribution in [0.15, 0.2) is 0 Å². The van der Waals surface area contributed by atoms with E-state index < -0.39 is 5.60 Å². The molecule has 1 unspecified atom stereocenters. The summed E-state index contributed by atoms with van der Waals surface area (Å²) in [6.45, 7) is 6.06. The molecule has 1 atom stereocenters. The van der Waals surface area contributed by atoms with Gasteiger partial charge in [-0.15, -0.1) is 0 Å². The maximum Gasteiger partial charge on any atom is 0.147 e. The fourth-order valence-corrected chi connectivity index (χ4v) is 1.28. The minimum Gasteiger partial charge on any atom is -0.394 e. The lowest BCUT2D eigenvalue weighted by Crippen LogP contribution is -2.33. The Hall–Kier alpha value is -1.23. The van der Waals surface area contributed by atoms with Gasteiger partial charge in [-0.1, -0.05) is 6.92 Å². The van der Waals surface area contributed by atoms with Gasteiger partial charge in [-0.3, -0.25) is 4.68 Å². The van der Waals surface area contributed by atoms with Crippen LogP contribution < -0.4 is 11.1 Å². The number of aryl methyl sites for hydroxylation is 2. The number of nitrogens with one attached hydrogen (secondary N) is 1. The lowest BCUT2D eigenvalue weighted by atomic mass is 10.0. The smallest absolute Gasteiger partial charge is 0.147 e. The maximum atomic E-state index is 9.84.